The molecule has 4 heteroatoms. The lowest BCUT2D eigenvalue weighted by Crippen LogP contribution is -2.04. The average Bonchev–Trinajstić information content (AvgIpc) is 2.86. The molecule has 2 aromatic rings. The van der Waals surface area contributed by atoms with Crippen LogP contribution in [0.5, 0.6) is 0 Å². The highest BCUT2D eigenvalue weighted by Crippen LogP contribution is 2.27. The fraction of sp³-hybridized carbons (Fsp3) is 0.200. The molecule has 0 aromatic heterocycles. The Morgan fingerprint density at radius 3 is 3.00 bits per heavy atom. The normalized spacial score (nSPS) is 12.9. The number of halogens is 2. The number of rotatable bonds is 3. The van der Waals surface area contributed by atoms with Gasteiger partial charge in [-0.2, -0.15) is 0 Å². The van der Waals surface area contributed by atoms with Crippen LogP contribution in [0.1, 0.15) is 11.1 Å². The third-order valence-corrected chi connectivity index (χ3v) is 3.83. The van der Waals surface area contributed by atoms with E-state index >= 15 is 0 Å². The molecule has 19 heavy (non-hydrogen) atoms. The van der Waals surface area contributed by atoms with E-state index in [1.54, 1.807) is 6.07 Å². The van der Waals surface area contributed by atoms with Gasteiger partial charge in [0.05, 0.1) is 5.69 Å². The molecule has 2 N–H and O–H groups in total. The number of fused-ring (bicyclic) bond motifs is 1. The standard InChI is InChI=1S/C15H14BrFN2/c16-12-4-5-14(13(17)8-12)19-9-11-3-1-2-10-6-7-18-15(10)11/h1-5,8,18-19H,6-7,9H2. The van der Waals surface area contributed by atoms with E-state index in [4.69, 9.17) is 0 Å². The molecule has 0 unspecified atom stereocenters. The van der Waals surface area contributed by atoms with Gasteiger partial charge in [-0.15, -0.1) is 0 Å². The van der Waals surface area contributed by atoms with Crippen molar-refractivity contribution >= 4 is 27.3 Å². The average molecular weight is 321 g/mol. The zero-order chi connectivity index (χ0) is 13.2. The van der Waals surface area contributed by atoms with Gasteiger partial charge in [-0.1, -0.05) is 34.1 Å². The topological polar surface area (TPSA) is 24.1 Å². The van der Waals surface area contributed by atoms with Crippen molar-refractivity contribution in [3.05, 3.63) is 57.8 Å². The van der Waals surface area contributed by atoms with Crippen molar-refractivity contribution in [3.63, 3.8) is 0 Å². The highest BCUT2D eigenvalue weighted by atomic mass is 79.9. The second-order valence-corrected chi connectivity index (χ2v) is 5.52. The molecule has 2 aromatic carbocycles. The smallest absolute Gasteiger partial charge is 0.147 e. The largest absolute Gasteiger partial charge is 0.384 e. The first-order chi connectivity index (χ1) is 9.24. The van der Waals surface area contributed by atoms with Crippen molar-refractivity contribution < 1.29 is 4.39 Å². The molecule has 0 fully saturated rings. The minimum atomic E-state index is -0.241. The van der Waals surface area contributed by atoms with Gasteiger partial charge in [-0.25, -0.2) is 4.39 Å². The Labute approximate surface area is 120 Å². The summed E-state index contributed by atoms with van der Waals surface area (Å²) in [6, 6.07) is 11.3. The fourth-order valence-corrected chi connectivity index (χ4v) is 2.71. The number of nitrogens with one attached hydrogen (secondary N) is 2. The summed E-state index contributed by atoms with van der Waals surface area (Å²) in [6.07, 6.45) is 1.07. The maximum Gasteiger partial charge on any atom is 0.147 e. The highest BCUT2D eigenvalue weighted by Gasteiger charge is 2.13. The molecule has 0 bridgehead atoms. The van der Waals surface area contributed by atoms with Crippen LogP contribution >= 0.6 is 15.9 Å². The lowest BCUT2D eigenvalue weighted by molar-refractivity contribution is 0.629. The van der Waals surface area contributed by atoms with E-state index in [1.807, 2.05) is 6.07 Å². The van der Waals surface area contributed by atoms with Crippen LogP contribution in [-0.2, 0) is 13.0 Å². The third-order valence-electron chi connectivity index (χ3n) is 3.33. The van der Waals surface area contributed by atoms with E-state index in [2.05, 4.69) is 44.8 Å². The van der Waals surface area contributed by atoms with Gasteiger partial charge in [0, 0.05) is 23.2 Å². The zero-order valence-corrected chi connectivity index (χ0v) is 11.9. The summed E-state index contributed by atoms with van der Waals surface area (Å²) in [4.78, 5) is 0. The van der Waals surface area contributed by atoms with Crippen molar-refractivity contribution in [2.45, 2.75) is 13.0 Å². The Hall–Kier alpha value is -1.55. The van der Waals surface area contributed by atoms with Crippen molar-refractivity contribution in [1.29, 1.82) is 0 Å². The Morgan fingerprint density at radius 1 is 1.26 bits per heavy atom. The van der Waals surface area contributed by atoms with Gasteiger partial charge in [-0.05, 0) is 35.7 Å². The number of anilines is 2. The first kappa shape index (κ1) is 12.5. The van der Waals surface area contributed by atoms with E-state index in [0.717, 1.165) is 17.4 Å². The molecule has 0 atom stereocenters. The lowest BCUT2D eigenvalue weighted by atomic mass is 10.1. The Balaban J connectivity index is 1.78. The summed E-state index contributed by atoms with van der Waals surface area (Å²) < 4.78 is 14.5. The van der Waals surface area contributed by atoms with Crippen molar-refractivity contribution in [1.82, 2.24) is 0 Å². The Kier molecular flexibility index (Phi) is 3.42. The molecule has 0 radical (unpaired) electrons. The minimum absolute atomic E-state index is 0.241. The van der Waals surface area contributed by atoms with Gasteiger partial charge in [0.1, 0.15) is 5.82 Å². The van der Waals surface area contributed by atoms with Crippen LogP contribution in [0.3, 0.4) is 0 Å². The van der Waals surface area contributed by atoms with Crippen LogP contribution in [0, 0.1) is 5.82 Å². The maximum absolute atomic E-state index is 13.7. The molecule has 0 saturated carbocycles. The molecule has 0 aliphatic carbocycles. The molecule has 3 rings (SSSR count). The Morgan fingerprint density at radius 2 is 2.16 bits per heavy atom. The van der Waals surface area contributed by atoms with Gasteiger partial charge in [0.2, 0.25) is 0 Å². The van der Waals surface area contributed by atoms with Gasteiger partial charge in [0.15, 0.2) is 0 Å². The molecular formula is C15H14BrFN2. The van der Waals surface area contributed by atoms with Crippen molar-refractivity contribution in [2.75, 3.05) is 17.2 Å². The van der Waals surface area contributed by atoms with Crippen LogP contribution in [0.4, 0.5) is 15.8 Å². The van der Waals surface area contributed by atoms with Crippen LogP contribution < -0.4 is 10.6 Å². The summed E-state index contributed by atoms with van der Waals surface area (Å²) in [5.41, 5.74) is 4.25. The van der Waals surface area contributed by atoms with Gasteiger partial charge in [0.25, 0.3) is 0 Å². The molecule has 1 aliphatic rings. The van der Waals surface area contributed by atoms with Crippen molar-refractivity contribution in [3.8, 4) is 0 Å². The zero-order valence-electron chi connectivity index (χ0n) is 10.3. The molecule has 1 aliphatic heterocycles. The van der Waals surface area contributed by atoms with E-state index in [9.17, 15) is 4.39 Å². The van der Waals surface area contributed by atoms with Gasteiger partial charge in [-0.3, -0.25) is 0 Å². The third kappa shape index (κ3) is 2.59. The number of benzene rings is 2. The SMILES string of the molecule is Fc1cc(Br)ccc1NCc1cccc2c1NCC2. The fourth-order valence-electron chi connectivity index (χ4n) is 2.38. The van der Waals surface area contributed by atoms with Crippen LogP contribution in [0.15, 0.2) is 40.9 Å². The minimum Gasteiger partial charge on any atom is -0.384 e. The summed E-state index contributed by atoms with van der Waals surface area (Å²) in [6.45, 7) is 1.60. The number of hydrogen-bond donors (Lipinski definition) is 2. The predicted octanol–water partition coefficient (Wildman–Crippen LogP) is 4.17. The number of hydrogen-bond acceptors (Lipinski definition) is 2. The molecule has 0 spiro atoms. The molecule has 0 saturated heterocycles. The van der Waals surface area contributed by atoms with E-state index in [1.165, 1.54) is 22.9 Å². The maximum atomic E-state index is 13.7. The molecular weight excluding hydrogens is 307 g/mol. The second-order valence-electron chi connectivity index (χ2n) is 4.61. The monoisotopic (exact) mass is 320 g/mol. The van der Waals surface area contributed by atoms with E-state index < -0.39 is 0 Å². The first-order valence-corrected chi connectivity index (χ1v) is 7.07. The molecule has 2 nitrogen and oxygen atoms in total. The lowest BCUT2D eigenvalue weighted by Gasteiger charge is -2.11. The molecule has 0 amide bonds. The van der Waals surface area contributed by atoms with E-state index in [0.29, 0.717) is 12.2 Å². The van der Waals surface area contributed by atoms with E-state index in [-0.39, 0.29) is 5.82 Å². The van der Waals surface area contributed by atoms with Crippen molar-refractivity contribution in [2.24, 2.45) is 0 Å². The van der Waals surface area contributed by atoms with Crippen LogP contribution in [0.25, 0.3) is 0 Å². The Bertz CT molecular complexity index is 613. The highest BCUT2D eigenvalue weighted by molar-refractivity contribution is 9.10. The second kappa shape index (κ2) is 5.21. The summed E-state index contributed by atoms with van der Waals surface area (Å²) in [5, 5.41) is 6.54. The first-order valence-electron chi connectivity index (χ1n) is 6.27. The number of para-hydroxylation sites is 1. The summed E-state index contributed by atoms with van der Waals surface area (Å²) >= 11 is 3.26. The molecule has 98 valence electrons. The van der Waals surface area contributed by atoms with Crippen LogP contribution in [0.2, 0.25) is 0 Å². The predicted molar refractivity (Wildman–Crippen MR) is 80.1 cm³/mol. The summed E-state index contributed by atoms with van der Waals surface area (Å²) in [5.74, 6) is -0.241. The molecule has 1 heterocycles. The van der Waals surface area contributed by atoms with Crippen LogP contribution in [-0.4, -0.2) is 6.54 Å². The van der Waals surface area contributed by atoms with Gasteiger partial charge < -0.3 is 10.6 Å². The van der Waals surface area contributed by atoms with Gasteiger partial charge >= 0.3 is 0 Å². The quantitative estimate of drug-likeness (QED) is 0.887. The summed E-state index contributed by atoms with van der Waals surface area (Å²) in [7, 11) is 0.